The number of nitrogens with one attached hydrogen (secondary N) is 2. The molecule has 0 spiro atoms. The van der Waals surface area contributed by atoms with Crippen LogP contribution in [0.4, 0.5) is 0 Å². The summed E-state index contributed by atoms with van der Waals surface area (Å²) in [5.74, 6) is -0.156. The molecule has 0 unspecified atom stereocenters. The first-order chi connectivity index (χ1) is 9.79. The third kappa shape index (κ3) is 6.01. The van der Waals surface area contributed by atoms with Crippen molar-refractivity contribution in [2.24, 2.45) is 0 Å². The molecule has 5 nitrogen and oxygen atoms in total. The highest BCUT2D eigenvalue weighted by Gasteiger charge is 2.26. The largest absolute Gasteiger partial charge is 0.465 e. The van der Waals surface area contributed by atoms with Gasteiger partial charge in [-0.25, -0.2) is 0 Å². The molecule has 0 aromatic heterocycles. The van der Waals surface area contributed by atoms with Gasteiger partial charge >= 0.3 is 5.97 Å². The average Bonchev–Trinajstić information content (AvgIpc) is 2.49. The minimum absolute atomic E-state index is 0. The van der Waals surface area contributed by atoms with E-state index in [1.807, 2.05) is 37.3 Å². The lowest BCUT2D eigenvalue weighted by Crippen LogP contribution is -2.51. The van der Waals surface area contributed by atoms with Gasteiger partial charge in [-0.2, -0.15) is 5.48 Å². The van der Waals surface area contributed by atoms with Crippen molar-refractivity contribution in [2.45, 2.75) is 38.5 Å². The number of carbonyl (C=O) groups excluding carboxylic acids is 1. The van der Waals surface area contributed by atoms with Crippen molar-refractivity contribution in [3.8, 4) is 0 Å². The van der Waals surface area contributed by atoms with Crippen LogP contribution >= 0.6 is 12.4 Å². The molecule has 0 aliphatic carbocycles. The second-order valence-corrected chi connectivity index (χ2v) is 4.88. The smallest absolute Gasteiger partial charge is 0.323 e. The van der Waals surface area contributed by atoms with E-state index in [0.29, 0.717) is 19.8 Å². The molecule has 1 aliphatic heterocycles. The molecule has 1 aliphatic rings. The van der Waals surface area contributed by atoms with E-state index in [1.165, 1.54) is 0 Å². The predicted molar refractivity (Wildman–Crippen MR) is 83.1 cm³/mol. The van der Waals surface area contributed by atoms with Gasteiger partial charge in [0.15, 0.2) is 0 Å². The van der Waals surface area contributed by atoms with E-state index in [9.17, 15) is 4.79 Å². The van der Waals surface area contributed by atoms with Gasteiger partial charge in [-0.05, 0) is 25.3 Å². The highest BCUT2D eigenvalue weighted by atomic mass is 35.5. The topological polar surface area (TPSA) is 59.6 Å². The number of halogens is 1. The minimum Gasteiger partial charge on any atom is -0.465 e. The number of rotatable bonds is 6. The number of hydrogen-bond donors (Lipinski definition) is 2. The average molecular weight is 315 g/mol. The van der Waals surface area contributed by atoms with Crippen LogP contribution in [-0.4, -0.2) is 31.2 Å². The molecule has 0 bridgehead atoms. The van der Waals surface area contributed by atoms with Gasteiger partial charge in [0.1, 0.15) is 6.04 Å². The minimum atomic E-state index is -0.179. The van der Waals surface area contributed by atoms with Crippen LogP contribution in [0.2, 0.25) is 0 Å². The van der Waals surface area contributed by atoms with E-state index >= 15 is 0 Å². The summed E-state index contributed by atoms with van der Waals surface area (Å²) in [6.07, 6.45) is 1.66. The van der Waals surface area contributed by atoms with E-state index in [4.69, 9.17) is 9.57 Å². The first kappa shape index (κ1) is 17.9. The Bertz CT molecular complexity index is 409. The summed E-state index contributed by atoms with van der Waals surface area (Å²) in [6.45, 7) is 3.50. The van der Waals surface area contributed by atoms with E-state index < -0.39 is 0 Å². The molecule has 1 aromatic rings. The van der Waals surface area contributed by atoms with E-state index in [2.05, 4.69) is 10.8 Å². The van der Waals surface area contributed by atoms with Gasteiger partial charge in [0.05, 0.1) is 13.2 Å². The van der Waals surface area contributed by atoms with Crippen LogP contribution < -0.4 is 10.8 Å². The highest BCUT2D eigenvalue weighted by Crippen LogP contribution is 2.10. The summed E-state index contributed by atoms with van der Waals surface area (Å²) in [6, 6.07) is 10.1. The molecule has 2 N–H and O–H groups in total. The third-order valence-electron chi connectivity index (χ3n) is 3.32. The molecule has 2 atom stereocenters. The number of carbonyl (C=O) groups is 1. The number of hydrogen-bond acceptors (Lipinski definition) is 5. The molecule has 2 rings (SSSR count). The molecule has 0 radical (unpaired) electrons. The lowest BCUT2D eigenvalue weighted by molar-refractivity contribution is -0.146. The number of esters is 1. The van der Waals surface area contributed by atoms with Crippen molar-refractivity contribution < 1.29 is 14.4 Å². The molecule has 1 fully saturated rings. The third-order valence-corrected chi connectivity index (χ3v) is 3.32. The molecule has 6 heteroatoms. The summed E-state index contributed by atoms with van der Waals surface area (Å²) in [5.41, 5.74) is 4.18. The monoisotopic (exact) mass is 314 g/mol. The van der Waals surface area contributed by atoms with Crippen molar-refractivity contribution in [1.29, 1.82) is 0 Å². The lowest BCUT2D eigenvalue weighted by atomic mass is 10.0. The summed E-state index contributed by atoms with van der Waals surface area (Å²) >= 11 is 0. The summed E-state index contributed by atoms with van der Waals surface area (Å²) in [5, 5.41) is 3.19. The zero-order chi connectivity index (χ0) is 14.2. The summed E-state index contributed by atoms with van der Waals surface area (Å²) < 4.78 is 5.00. The molecule has 1 aromatic carbocycles. The van der Waals surface area contributed by atoms with Gasteiger partial charge in [0, 0.05) is 12.6 Å². The van der Waals surface area contributed by atoms with Crippen LogP contribution in [0.1, 0.15) is 25.3 Å². The lowest BCUT2D eigenvalue weighted by Gasteiger charge is -2.28. The molecule has 118 valence electrons. The van der Waals surface area contributed by atoms with Gasteiger partial charge in [0.25, 0.3) is 0 Å². The molecule has 21 heavy (non-hydrogen) atoms. The Morgan fingerprint density at radius 2 is 2.10 bits per heavy atom. The Kier molecular flexibility index (Phi) is 8.30. The molecular weight excluding hydrogens is 292 g/mol. The Balaban J connectivity index is 0.00000220. The number of hydroxylamine groups is 1. The zero-order valence-electron chi connectivity index (χ0n) is 12.2. The standard InChI is InChI=1S/C15H22N2O3.ClH/c1-2-19-15(18)14-9-8-13(10-16-14)17-20-11-12-6-4-3-5-7-12;/h3-7,13-14,16-17H,2,8-11H2,1H3;1H/t13-,14+;/m1./s1. The predicted octanol–water partition coefficient (Wildman–Crippen LogP) is 1.81. The fourth-order valence-electron chi connectivity index (χ4n) is 2.22. The Morgan fingerprint density at radius 1 is 1.33 bits per heavy atom. The van der Waals surface area contributed by atoms with Crippen LogP contribution in [0, 0.1) is 0 Å². The van der Waals surface area contributed by atoms with Crippen molar-refractivity contribution in [3.63, 3.8) is 0 Å². The van der Waals surface area contributed by atoms with Crippen molar-refractivity contribution in [3.05, 3.63) is 35.9 Å². The summed E-state index contributed by atoms with van der Waals surface area (Å²) in [7, 11) is 0. The second-order valence-electron chi connectivity index (χ2n) is 4.88. The van der Waals surface area contributed by atoms with Crippen LogP contribution in [0.5, 0.6) is 0 Å². The maximum Gasteiger partial charge on any atom is 0.323 e. The molecular formula is C15H23ClN2O3. The van der Waals surface area contributed by atoms with E-state index in [0.717, 1.165) is 18.4 Å². The van der Waals surface area contributed by atoms with Crippen LogP contribution in [0.15, 0.2) is 30.3 Å². The fourth-order valence-corrected chi connectivity index (χ4v) is 2.22. The Labute approximate surface area is 131 Å². The van der Waals surface area contributed by atoms with Gasteiger partial charge < -0.3 is 10.1 Å². The SMILES string of the molecule is CCOC(=O)[C@@H]1CC[C@@H](NOCc2ccccc2)CN1.Cl. The van der Waals surface area contributed by atoms with Gasteiger partial charge in [-0.1, -0.05) is 30.3 Å². The van der Waals surface area contributed by atoms with Crippen LogP contribution in [-0.2, 0) is 21.0 Å². The van der Waals surface area contributed by atoms with Gasteiger partial charge in [0.2, 0.25) is 0 Å². The number of benzene rings is 1. The van der Waals surface area contributed by atoms with Crippen molar-refractivity contribution in [1.82, 2.24) is 10.8 Å². The highest BCUT2D eigenvalue weighted by molar-refractivity contribution is 5.85. The van der Waals surface area contributed by atoms with Crippen molar-refractivity contribution in [2.75, 3.05) is 13.2 Å². The molecule has 0 saturated carbocycles. The van der Waals surface area contributed by atoms with Crippen LogP contribution in [0.3, 0.4) is 0 Å². The quantitative estimate of drug-likeness (QED) is 0.619. The molecule has 1 heterocycles. The number of ether oxygens (including phenoxy) is 1. The maximum absolute atomic E-state index is 11.6. The van der Waals surface area contributed by atoms with Gasteiger partial charge in [-0.15, -0.1) is 12.4 Å². The zero-order valence-corrected chi connectivity index (χ0v) is 13.0. The second kappa shape index (κ2) is 9.73. The molecule has 1 saturated heterocycles. The Morgan fingerprint density at radius 3 is 2.71 bits per heavy atom. The first-order valence-corrected chi connectivity index (χ1v) is 7.11. The Hall–Kier alpha value is -1.14. The fraction of sp³-hybridized carbons (Fsp3) is 0.533. The van der Waals surface area contributed by atoms with E-state index in [1.54, 1.807) is 0 Å². The van der Waals surface area contributed by atoms with Crippen LogP contribution in [0.25, 0.3) is 0 Å². The summed E-state index contributed by atoms with van der Waals surface area (Å²) in [4.78, 5) is 17.1. The van der Waals surface area contributed by atoms with E-state index in [-0.39, 0.29) is 30.5 Å². The first-order valence-electron chi connectivity index (χ1n) is 7.11. The maximum atomic E-state index is 11.6. The molecule has 0 amide bonds. The van der Waals surface area contributed by atoms with Crippen molar-refractivity contribution >= 4 is 18.4 Å². The normalized spacial score (nSPS) is 21.4. The number of piperidine rings is 1. The van der Waals surface area contributed by atoms with Gasteiger partial charge in [-0.3, -0.25) is 9.63 Å².